The van der Waals surface area contributed by atoms with Gasteiger partial charge in [-0.05, 0) is 74.0 Å². The van der Waals surface area contributed by atoms with E-state index in [4.69, 9.17) is 16.3 Å². The van der Waals surface area contributed by atoms with Gasteiger partial charge in [-0.1, -0.05) is 23.7 Å². The number of aliphatic hydroxyl groups excluding tert-OH is 1. The lowest BCUT2D eigenvalue weighted by molar-refractivity contribution is -0.132. The number of ether oxygens (including phenoxy) is 1. The lowest BCUT2D eigenvalue weighted by atomic mass is 9.95. The molecule has 1 aliphatic heterocycles. The number of carbonyl (C=O) groups is 2. The van der Waals surface area contributed by atoms with Gasteiger partial charge in [-0.3, -0.25) is 14.5 Å². The molecule has 7 nitrogen and oxygen atoms in total. The molecule has 3 aromatic rings. The Hall–Kier alpha value is -3.97. The summed E-state index contributed by atoms with van der Waals surface area (Å²) in [6.07, 6.45) is 0. The summed E-state index contributed by atoms with van der Waals surface area (Å²) < 4.78 is 5.18. The van der Waals surface area contributed by atoms with Gasteiger partial charge in [-0.25, -0.2) is 0 Å². The average molecular weight is 507 g/mol. The van der Waals surface area contributed by atoms with E-state index in [0.717, 1.165) is 18.8 Å². The van der Waals surface area contributed by atoms with Gasteiger partial charge in [-0.2, -0.15) is 0 Å². The predicted octanol–water partition coefficient (Wildman–Crippen LogP) is 5.53. The number of hydrogen-bond acceptors (Lipinski definition) is 6. The number of halogens is 1. The van der Waals surface area contributed by atoms with E-state index in [1.54, 1.807) is 36.4 Å². The van der Waals surface area contributed by atoms with Crippen LogP contribution in [0.15, 0.2) is 72.3 Å². The number of amides is 1. The van der Waals surface area contributed by atoms with Crippen LogP contribution in [0.4, 0.5) is 11.4 Å². The standard InChI is InChI=1S/C28H27ClN2O5/c1-4-30(5-2)19-9-11-20(12-10-19)31-25(17-6-13-21(32)14-7-17)24(27(34)28(31)35)26(33)18-8-15-23(36-3)22(29)16-18/h6-16,25,32-33H,4-5H2,1-3H3/b26-24-. The molecule has 1 aliphatic rings. The van der Waals surface area contributed by atoms with E-state index < -0.39 is 17.7 Å². The number of methoxy groups -OCH3 is 1. The van der Waals surface area contributed by atoms with Gasteiger partial charge in [0.2, 0.25) is 0 Å². The Morgan fingerprint density at radius 2 is 1.64 bits per heavy atom. The van der Waals surface area contributed by atoms with Crippen molar-refractivity contribution < 1.29 is 24.5 Å². The zero-order valence-electron chi connectivity index (χ0n) is 20.2. The van der Waals surface area contributed by atoms with Crippen LogP contribution in [0.25, 0.3) is 5.76 Å². The summed E-state index contributed by atoms with van der Waals surface area (Å²) in [5.74, 6) is -1.47. The van der Waals surface area contributed by atoms with Crippen molar-refractivity contribution in [3.8, 4) is 11.5 Å². The summed E-state index contributed by atoms with van der Waals surface area (Å²) >= 11 is 6.25. The summed E-state index contributed by atoms with van der Waals surface area (Å²) in [5.41, 5.74) is 2.27. The lowest BCUT2D eigenvalue weighted by Crippen LogP contribution is -2.29. The first kappa shape index (κ1) is 25.1. The largest absolute Gasteiger partial charge is 0.508 e. The Morgan fingerprint density at radius 1 is 1.00 bits per heavy atom. The van der Waals surface area contributed by atoms with Crippen molar-refractivity contribution in [2.75, 3.05) is 30.0 Å². The summed E-state index contributed by atoms with van der Waals surface area (Å²) in [7, 11) is 1.47. The van der Waals surface area contributed by atoms with Crippen molar-refractivity contribution in [1.29, 1.82) is 0 Å². The minimum atomic E-state index is -0.911. The highest BCUT2D eigenvalue weighted by Gasteiger charge is 2.47. The molecule has 1 heterocycles. The van der Waals surface area contributed by atoms with Gasteiger partial charge in [0.15, 0.2) is 0 Å². The number of ketones is 1. The number of rotatable bonds is 7. The third-order valence-corrected chi connectivity index (χ3v) is 6.63. The number of phenols is 1. The molecule has 0 saturated carbocycles. The Kier molecular flexibility index (Phi) is 7.22. The molecule has 3 aromatic carbocycles. The number of anilines is 2. The Bertz CT molecular complexity index is 1310. The topological polar surface area (TPSA) is 90.3 Å². The molecule has 1 atom stereocenters. The van der Waals surface area contributed by atoms with Crippen molar-refractivity contribution in [2.45, 2.75) is 19.9 Å². The van der Waals surface area contributed by atoms with Crippen molar-refractivity contribution in [1.82, 2.24) is 0 Å². The molecule has 0 aromatic heterocycles. The van der Waals surface area contributed by atoms with Crippen LogP contribution in [0.3, 0.4) is 0 Å². The molecule has 1 fully saturated rings. The normalized spacial score (nSPS) is 16.9. The Morgan fingerprint density at radius 3 is 2.19 bits per heavy atom. The first-order chi connectivity index (χ1) is 17.3. The monoisotopic (exact) mass is 506 g/mol. The van der Waals surface area contributed by atoms with Gasteiger partial charge in [-0.15, -0.1) is 0 Å². The second-order valence-corrected chi connectivity index (χ2v) is 8.71. The number of aliphatic hydroxyl groups is 1. The minimum absolute atomic E-state index is 0.0428. The van der Waals surface area contributed by atoms with E-state index in [-0.39, 0.29) is 27.7 Å². The lowest BCUT2D eigenvalue weighted by Gasteiger charge is -2.27. The fraction of sp³-hybridized carbons (Fsp3) is 0.214. The highest BCUT2D eigenvalue weighted by Crippen LogP contribution is 2.43. The second-order valence-electron chi connectivity index (χ2n) is 8.30. The number of Topliss-reactive ketones (excluding diaryl/α,β-unsaturated/α-hetero) is 1. The fourth-order valence-electron chi connectivity index (χ4n) is 4.45. The third-order valence-electron chi connectivity index (χ3n) is 6.33. The fourth-order valence-corrected chi connectivity index (χ4v) is 4.71. The molecule has 0 spiro atoms. The smallest absolute Gasteiger partial charge is 0.300 e. The Labute approximate surface area is 214 Å². The van der Waals surface area contributed by atoms with E-state index >= 15 is 0 Å². The van der Waals surface area contributed by atoms with Crippen LogP contribution in [0.5, 0.6) is 11.5 Å². The highest BCUT2D eigenvalue weighted by atomic mass is 35.5. The van der Waals surface area contributed by atoms with Gasteiger partial charge in [0.25, 0.3) is 11.7 Å². The van der Waals surface area contributed by atoms with Crippen molar-refractivity contribution in [3.63, 3.8) is 0 Å². The molecular formula is C28H27ClN2O5. The first-order valence-corrected chi connectivity index (χ1v) is 12.0. The molecule has 0 radical (unpaired) electrons. The number of benzene rings is 3. The molecule has 36 heavy (non-hydrogen) atoms. The van der Waals surface area contributed by atoms with Crippen molar-refractivity contribution in [2.24, 2.45) is 0 Å². The number of phenolic OH excluding ortho intramolecular Hbond substituents is 1. The zero-order valence-corrected chi connectivity index (χ0v) is 21.0. The average Bonchev–Trinajstić information content (AvgIpc) is 3.15. The first-order valence-electron chi connectivity index (χ1n) is 11.6. The molecule has 0 bridgehead atoms. The predicted molar refractivity (Wildman–Crippen MR) is 141 cm³/mol. The van der Waals surface area contributed by atoms with E-state index in [2.05, 4.69) is 18.7 Å². The Balaban J connectivity index is 1.87. The van der Waals surface area contributed by atoms with Gasteiger partial charge >= 0.3 is 0 Å². The van der Waals surface area contributed by atoms with Crippen LogP contribution in [0.2, 0.25) is 5.02 Å². The summed E-state index contributed by atoms with van der Waals surface area (Å²) in [5, 5.41) is 21.3. The highest BCUT2D eigenvalue weighted by molar-refractivity contribution is 6.51. The maximum atomic E-state index is 13.3. The minimum Gasteiger partial charge on any atom is -0.508 e. The molecule has 186 valence electrons. The van der Waals surface area contributed by atoms with Gasteiger partial charge < -0.3 is 19.8 Å². The number of hydrogen-bond donors (Lipinski definition) is 2. The molecule has 1 unspecified atom stereocenters. The summed E-state index contributed by atoms with van der Waals surface area (Å²) in [6.45, 7) is 5.79. The summed E-state index contributed by atoms with van der Waals surface area (Å²) in [6, 6.07) is 17.3. The van der Waals surface area contributed by atoms with Crippen LogP contribution in [0.1, 0.15) is 31.0 Å². The van der Waals surface area contributed by atoms with E-state index in [9.17, 15) is 19.8 Å². The maximum Gasteiger partial charge on any atom is 0.300 e. The van der Waals surface area contributed by atoms with Crippen molar-refractivity contribution >= 4 is 40.4 Å². The van der Waals surface area contributed by atoms with Gasteiger partial charge in [0, 0.05) is 30.0 Å². The number of carbonyl (C=O) groups excluding carboxylic acids is 2. The van der Waals surface area contributed by atoms with Crippen LogP contribution < -0.4 is 14.5 Å². The molecule has 2 N–H and O–H groups in total. The number of aromatic hydroxyl groups is 1. The quantitative estimate of drug-likeness (QED) is 0.249. The van der Waals surface area contributed by atoms with E-state index in [1.807, 2.05) is 12.1 Å². The van der Waals surface area contributed by atoms with Crippen LogP contribution in [0, 0.1) is 0 Å². The zero-order chi connectivity index (χ0) is 26.0. The molecule has 4 rings (SSSR count). The van der Waals surface area contributed by atoms with Gasteiger partial charge in [0.05, 0.1) is 23.7 Å². The summed E-state index contributed by atoms with van der Waals surface area (Å²) in [4.78, 5) is 30.2. The van der Waals surface area contributed by atoms with Crippen molar-refractivity contribution in [3.05, 3.63) is 88.5 Å². The molecule has 0 aliphatic carbocycles. The molecule has 1 saturated heterocycles. The SMILES string of the molecule is CCN(CC)c1ccc(N2C(=O)C(=O)/C(=C(\O)c3ccc(OC)c(Cl)c3)C2c2ccc(O)cc2)cc1. The van der Waals surface area contributed by atoms with Crippen LogP contribution in [-0.2, 0) is 9.59 Å². The van der Waals surface area contributed by atoms with Crippen LogP contribution in [-0.4, -0.2) is 42.1 Å². The molecule has 1 amide bonds. The maximum absolute atomic E-state index is 13.3. The van der Waals surface area contributed by atoms with E-state index in [1.165, 1.54) is 30.2 Å². The molecule has 8 heteroatoms. The van der Waals surface area contributed by atoms with Gasteiger partial charge in [0.1, 0.15) is 17.3 Å². The van der Waals surface area contributed by atoms with Crippen LogP contribution >= 0.6 is 11.6 Å². The van der Waals surface area contributed by atoms with E-state index in [0.29, 0.717) is 17.0 Å². The number of nitrogens with zero attached hydrogens (tertiary/aromatic N) is 2. The molecular weight excluding hydrogens is 480 g/mol. The second kappa shape index (κ2) is 10.3. The third kappa shape index (κ3) is 4.50.